The molecule has 0 bridgehead atoms. The van der Waals surface area contributed by atoms with E-state index in [2.05, 4.69) is 10.1 Å². The second-order valence-electron chi connectivity index (χ2n) is 3.81. The van der Waals surface area contributed by atoms with E-state index in [4.69, 9.17) is 5.73 Å². The summed E-state index contributed by atoms with van der Waals surface area (Å²) in [4.78, 5) is 23.8. The van der Waals surface area contributed by atoms with Crippen LogP contribution in [0.3, 0.4) is 0 Å². The Morgan fingerprint density at radius 2 is 2.10 bits per heavy atom. The lowest BCUT2D eigenvalue weighted by Crippen LogP contribution is -2.16. The van der Waals surface area contributed by atoms with Crippen LogP contribution in [0, 0.1) is 5.82 Å². The van der Waals surface area contributed by atoms with E-state index in [1.54, 1.807) is 11.4 Å². The molecule has 2 aromatic rings. The number of carbonyl (C=O) groups excluding carboxylic acids is 2. The van der Waals surface area contributed by atoms with Crippen molar-refractivity contribution in [3.05, 3.63) is 45.9 Å². The summed E-state index contributed by atoms with van der Waals surface area (Å²) in [6, 6.07) is 5.51. The second kappa shape index (κ2) is 5.70. The number of halogens is 1. The molecule has 0 spiro atoms. The predicted molar refractivity (Wildman–Crippen MR) is 74.4 cm³/mol. The Hall–Kier alpha value is -2.41. The minimum atomic E-state index is -0.670. The lowest BCUT2D eigenvalue weighted by atomic mass is 10.1. The van der Waals surface area contributed by atoms with Crippen LogP contribution in [-0.4, -0.2) is 19.0 Å². The molecule has 2 rings (SSSR count). The number of anilines is 2. The number of nitrogens with two attached hydrogens (primary N) is 1. The van der Waals surface area contributed by atoms with Crippen molar-refractivity contribution >= 4 is 34.6 Å². The van der Waals surface area contributed by atoms with Crippen molar-refractivity contribution < 1.29 is 18.7 Å². The third-order valence-corrected chi connectivity index (χ3v) is 3.48. The normalized spacial score (nSPS) is 10.1. The largest absolute Gasteiger partial charge is 0.465 e. The molecule has 0 radical (unpaired) electrons. The van der Waals surface area contributed by atoms with Crippen LogP contribution in [0.4, 0.5) is 15.8 Å². The number of benzene rings is 1. The highest BCUT2D eigenvalue weighted by atomic mass is 32.1. The highest BCUT2D eigenvalue weighted by Crippen LogP contribution is 2.25. The van der Waals surface area contributed by atoms with E-state index in [1.165, 1.54) is 19.2 Å². The van der Waals surface area contributed by atoms with Crippen molar-refractivity contribution in [3.63, 3.8) is 0 Å². The van der Waals surface area contributed by atoms with Gasteiger partial charge in [0.25, 0.3) is 5.91 Å². The van der Waals surface area contributed by atoms with Gasteiger partial charge < -0.3 is 15.8 Å². The van der Waals surface area contributed by atoms with Gasteiger partial charge in [0.05, 0.1) is 24.0 Å². The minimum absolute atomic E-state index is 0.00650. The molecule has 1 amide bonds. The lowest BCUT2D eigenvalue weighted by Gasteiger charge is -2.08. The smallest absolute Gasteiger partial charge is 0.350 e. The van der Waals surface area contributed by atoms with E-state index in [0.717, 1.165) is 17.4 Å². The monoisotopic (exact) mass is 294 g/mol. The van der Waals surface area contributed by atoms with E-state index < -0.39 is 17.7 Å². The van der Waals surface area contributed by atoms with E-state index in [1.807, 2.05) is 0 Å². The van der Waals surface area contributed by atoms with Crippen LogP contribution >= 0.6 is 11.3 Å². The zero-order chi connectivity index (χ0) is 14.7. The second-order valence-corrected chi connectivity index (χ2v) is 4.73. The van der Waals surface area contributed by atoms with E-state index in [9.17, 15) is 14.0 Å². The molecule has 1 heterocycles. The molecule has 20 heavy (non-hydrogen) atoms. The van der Waals surface area contributed by atoms with Gasteiger partial charge in [-0.3, -0.25) is 4.79 Å². The Morgan fingerprint density at radius 1 is 1.35 bits per heavy atom. The fourth-order valence-corrected chi connectivity index (χ4v) is 2.35. The molecule has 0 fully saturated rings. The summed E-state index contributed by atoms with van der Waals surface area (Å²) in [5.74, 6) is -1.82. The summed E-state index contributed by atoms with van der Waals surface area (Å²) in [5, 5.41) is 4.15. The van der Waals surface area contributed by atoms with Crippen LogP contribution in [0.1, 0.15) is 20.0 Å². The summed E-state index contributed by atoms with van der Waals surface area (Å²) in [6.07, 6.45) is 0. The van der Waals surface area contributed by atoms with Gasteiger partial charge in [-0.1, -0.05) is 6.07 Å². The summed E-state index contributed by atoms with van der Waals surface area (Å²) in [7, 11) is 1.25. The van der Waals surface area contributed by atoms with Gasteiger partial charge >= 0.3 is 5.97 Å². The number of hydrogen-bond acceptors (Lipinski definition) is 5. The van der Waals surface area contributed by atoms with Gasteiger partial charge in [0.2, 0.25) is 0 Å². The summed E-state index contributed by atoms with van der Waals surface area (Å²) >= 11 is 1.13. The number of nitrogens with one attached hydrogen (secondary N) is 1. The van der Waals surface area contributed by atoms with Crippen LogP contribution in [-0.2, 0) is 4.74 Å². The molecule has 5 nitrogen and oxygen atoms in total. The predicted octanol–water partition coefficient (Wildman–Crippen LogP) is 2.51. The first-order valence-corrected chi connectivity index (χ1v) is 6.43. The minimum Gasteiger partial charge on any atom is -0.465 e. The summed E-state index contributed by atoms with van der Waals surface area (Å²) < 4.78 is 17.9. The first-order chi connectivity index (χ1) is 9.54. The SMILES string of the molecule is COC(=O)c1sccc1NC(=O)c1cccc(F)c1N. The first kappa shape index (κ1) is 14.0. The number of rotatable bonds is 3. The summed E-state index contributed by atoms with van der Waals surface area (Å²) in [5.41, 5.74) is 5.58. The quantitative estimate of drug-likeness (QED) is 0.673. The highest BCUT2D eigenvalue weighted by Gasteiger charge is 2.18. The number of esters is 1. The molecule has 1 aromatic heterocycles. The van der Waals surface area contributed by atoms with Gasteiger partial charge in [0.15, 0.2) is 0 Å². The molecule has 7 heteroatoms. The van der Waals surface area contributed by atoms with Crippen LogP contribution < -0.4 is 11.1 Å². The number of nitrogen functional groups attached to an aromatic ring is 1. The van der Waals surface area contributed by atoms with Crippen molar-refractivity contribution in [2.45, 2.75) is 0 Å². The molecule has 0 saturated heterocycles. The van der Waals surface area contributed by atoms with Gasteiger partial charge in [-0.25, -0.2) is 9.18 Å². The molecule has 0 aliphatic heterocycles. The topological polar surface area (TPSA) is 81.4 Å². The van der Waals surface area contributed by atoms with Crippen LogP contribution in [0.15, 0.2) is 29.6 Å². The molecule has 0 unspecified atom stereocenters. The number of thiophene rings is 1. The maximum Gasteiger partial charge on any atom is 0.350 e. The molecule has 104 valence electrons. The van der Waals surface area contributed by atoms with Crippen molar-refractivity contribution in [2.75, 3.05) is 18.2 Å². The number of para-hydroxylation sites is 1. The average Bonchev–Trinajstić information content (AvgIpc) is 2.89. The fraction of sp³-hybridized carbons (Fsp3) is 0.0769. The van der Waals surface area contributed by atoms with Crippen LogP contribution in [0.2, 0.25) is 0 Å². The standard InChI is InChI=1S/C13H11FN2O3S/c1-19-13(18)11-9(5-6-20-11)16-12(17)7-3-2-4-8(14)10(7)15/h2-6H,15H2,1H3,(H,16,17). The maximum atomic E-state index is 13.3. The molecule has 3 N–H and O–H groups in total. The number of methoxy groups -OCH3 is 1. The molecule has 0 aliphatic carbocycles. The molecule has 0 atom stereocenters. The zero-order valence-electron chi connectivity index (χ0n) is 10.5. The van der Waals surface area contributed by atoms with Gasteiger partial charge in [-0.2, -0.15) is 0 Å². The number of amides is 1. The fourth-order valence-electron chi connectivity index (χ4n) is 1.58. The third-order valence-electron chi connectivity index (χ3n) is 2.58. The van der Waals surface area contributed by atoms with Crippen molar-refractivity contribution in [1.82, 2.24) is 0 Å². The number of carbonyl (C=O) groups is 2. The van der Waals surface area contributed by atoms with Crippen molar-refractivity contribution in [3.8, 4) is 0 Å². The highest BCUT2D eigenvalue weighted by molar-refractivity contribution is 7.12. The third kappa shape index (κ3) is 2.62. The Kier molecular flexibility index (Phi) is 3.99. The number of ether oxygens (including phenoxy) is 1. The number of hydrogen-bond donors (Lipinski definition) is 2. The first-order valence-electron chi connectivity index (χ1n) is 5.55. The molecular weight excluding hydrogens is 283 g/mol. The zero-order valence-corrected chi connectivity index (χ0v) is 11.3. The average molecular weight is 294 g/mol. The van der Waals surface area contributed by atoms with E-state index in [0.29, 0.717) is 5.69 Å². The maximum absolute atomic E-state index is 13.3. The summed E-state index contributed by atoms with van der Waals surface area (Å²) in [6.45, 7) is 0. The Morgan fingerprint density at radius 3 is 2.80 bits per heavy atom. The van der Waals surface area contributed by atoms with Crippen LogP contribution in [0.5, 0.6) is 0 Å². The van der Waals surface area contributed by atoms with E-state index >= 15 is 0 Å². The molecular formula is C13H11FN2O3S. The molecule has 0 aliphatic rings. The van der Waals surface area contributed by atoms with Crippen molar-refractivity contribution in [1.29, 1.82) is 0 Å². The lowest BCUT2D eigenvalue weighted by molar-refractivity contribution is 0.0607. The van der Waals surface area contributed by atoms with Gasteiger partial charge in [-0.05, 0) is 23.6 Å². The van der Waals surface area contributed by atoms with Crippen molar-refractivity contribution in [2.24, 2.45) is 0 Å². The van der Waals surface area contributed by atoms with Gasteiger partial charge in [-0.15, -0.1) is 11.3 Å². The van der Waals surface area contributed by atoms with E-state index in [-0.39, 0.29) is 16.1 Å². The van der Waals surface area contributed by atoms with Crippen LogP contribution in [0.25, 0.3) is 0 Å². The van der Waals surface area contributed by atoms with Gasteiger partial charge in [0, 0.05) is 0 Å². The molecule has 0 saturated carbocycles. The van der Waals surface area contributed by atoms with Gasteiger partial charge in [0.1, 0.15) is 10.7 Å². The Bertz CT molecular complexity index is 669. The Balaban J connectivity index is 2.27. The Labute approximate surface area is 118 Å². The molecule has 1 aromatic carbocycles.